The number of hydrogen-bond acceptors (Lipinski definition) is 2. The van der Waals surface area contributed by atoms with Crippen molar-refractivity contribution in [2.45, 2.75) is 52.0 Å². The third kappa shape index (κ3) is 6.05. The highest BCUT2D eigenvalue weighted by molar-refractivity contribution is 5.83. The molecule has 0 fully saturated rings. The fourth-order valence-electron chi connectivity index (χ4n) is 0.954. The summed E-state index contributed by atoms with van der Waals surface area (Å²) in [5.41, 5.74) is 5.40. The molecular formula is C9H19NO. The van der Waals surface area contributed by atoms with Crippen molar-refractivity contribution in [3.63, 3.8) is 0 Å². The van der Waals surface area contributed by atoms with Crippen LogP contribution in [0.3, 0.4) is 0 Å². The molecule has 66 valence electrons. The van der Waals surface area contributed by atoms with Crippen molar-refractivity contribution < 1.29 is 4.79 Å². The average Bonchev–Trinajstić information content (AvgIpc) is 1.97. The Morgan fingerprint density at radius 2 is 2.00 bits per heavy atom. The minimum atomic E-state index is -0.267. The van der Waals surface area contributed by atoms with Gasteiger partial charge in [0.1, 0.15) is 5.78 Å². The highest BCUT2D eigenvalue weighted by atomic mass is 16.1. The van der Waals surface area contributed by atoms with Crippen LogP contribution in [0, 0.1) is 0 Å². The Morgan fingerprint density at radius 1 is 1.36 bits per heavy atom. The predicted molar refractivity (Wildman–Crippen MR) is 47.4 cm³/mol. The summed E-state index contributed by atoms with van der Waals surface area (Å²) >= 11 is 0. The van der Waals surface area contributed by atoms with E-state index < -0.39 is 0 Å². The van der Waals surface area contributed by atoms with Crippen LogP contribution in [0.2, 0.25) is 0 Å². The molecule has 0 spiro atoms. The Morgan fingerprint density at radius 3 is 2.45 bits per heavy atom. The van der Waals surface area contributed by atoms with Crippen LogP contribution in [0.4, 0.5) is 0 Å². The molecule has 2 heteroatoms. The summed E-state index contributed by atoms with van der Waals surface area (Å²) in [5.74, 6) is 0.195. The van der Waals surface area contributed by atoms with Gasteiger partial charge in [0.15, 0.2) is 0 Å². The molecule has 0 aliphatic rings. The highest BCUT2D eigenvalue weighted by Crippen LogP contribution is 2.03. The summed E-state index contributed by atoms with van der Waals surface area (Å²) in [4.78, 5) is 11.0. The second-order valence-corrected chi connectivity index (χ2v) is 3.07. The maximum Gasteiger partial charge on any atom is 0.149 e. The van der Waals surface area contributed by atoms with E-state index in [1.165, 1.54) is 12.8 Å². The first kappa shape index (κ1) is 10.6. The lowest BCUT2D eigenvalue weighted by Crippen LogP contribution is -2.26. The van der Waals surface area contributed by atoms with Gasteiger partial charge in [-0.05, 0) is 13.3 Å². The summed E-state index contributed by atoms with van der Waals surface area (Å²) in [5, 5.41) is 0. The molecule has 1 unspecified atom stereocenters. The van der Waals surface area contributed by atoms with Crippen molar-refractivity contribution in [2.24, 2.45) is 5.73 Å². The smallest absolute Gasteiger partial charge is 0.149 e. The molecule has 0 rings (SSSR count). The van der Waals surface area contributed by atoms with Crippen LogP contribution in [0.1, 0.15) is 46.0 Å². The topological polar surface area (TPSA) is 43.1 Å². The number of ketones is 1. The minimum Gasteiger partial charge on any atom is -0.322 e. The van der Waals surface area contributed by atoms with Gasteiger partial charge < -0.3 is 5.73 Å². The summed E-state index contributed by atoms with van der Waals surface area (Å²) in [6, 6.07) is -0.267. The highest BCUT2D eigenvalue weighted by Gasteiger charge is 2.05. The van der Waals surface area contributed by atoms with E-state index >= 15 is 0 Å². The molecule has 0 amide bonds. The molecule has 0 radical (unpaired) electrons. The van der Waals surface area contributed by atoms with Crippen LogP contribution in [0.25, 0.3) is 0 Å². The molecule has 2 nitrogen and oxygen atoms in total. The zero-order valence-electron chi connectivity index (χ0n) is 7.60. The number of carbonyl (C=O) groups excluding carboxylic acids is 1. The van der Waals surface area contributed by atoms with Gasteiger partial charge in [-0.25, -0.2) is 0 Å². The Bertz CT molecular complexity index is 110. The Labute approximate surface area is 69.2 Å². The largest absolute Gasteiger partial charge is 0.322 e. The van der Waals surface area contributed by atoms with Crippen LogP contribution < -0.4 is 5.73 Å². The molecule has 2 N–H and O–H groups in total. The number of nitrogens with two attached hydrogens (primary N) is 1. The van der Waals surface area contributed by atoms with E-state index in [9.17, 15) is 4.79 Å². The molecule has 0 saturated carbocycles. The zero-order valence-corrected chi connectivity index (χ0v) is 7.60. The molecule has 0 aliphatic carbocycles. The van der Waals surface area contributed by atoms with Crippen molar-refractivity contribution in [1.29, 1.82) is 0 Å². The molecule has 0 aliphatic heterocycles. The normalized spacial score (nSPS) is 13.0. The van der Waals surface area contributed by atoms with Gasteiger partial charge in [0.05, 0.1) is 6.04 Å². The lowest BCUT2D eigenvalue weighted by atomic mass is 10.1. The van der Waals surface area contributed by atoms with Gasteiger partial charge in [-0.2, -0.15) is 0 Å². The van der Waals surface area contributed by atoms with Crippen LogP contribution in [-0.4, -0.2) is 11.8 Å². The van der Waals surface area contributed by atoms with E-state index in [1.807, 2.05) is 0 Å². The molecule has 11 heavy (non-hydrogen) atoms. The second-order valence-electron chi connectivity index (χ2n) is 3.07. The molecule has 0 aromatic rings. The zero-order chi connectivity index (χ0) is 8.69. The molecule has 1 atom stereocenters. The minimum absolute atomic E-state index is 0.195. The van der Waals surface area contributed by atoms with Crippen molar-refractivity contribution in [1.82, 2.24) is 0 Å². The van der Waals surface area contributed by atoms with Crippen LogP contribution in [0.5, 0.6) is 0 Å². The maximum atomic E-state index is 11.0. The monoisotopic (exact) mass is 157 g/mol. The molecule has 0 aromatic carbocycles. The van der Waals surface area contributed by atoms with E-state index in [1.54, 1.807) is 6.92 Å². The van der Waals surface area contributed by atoms with Crippen molar-refractivity contribution in [2.75, 3.05) is 0 Å². The molecule has 0 bridgehead atoms. The van der Waals surface area contributed by atoms with Crippen LogP contribution in [-0.2, 0) is 4.79 Å². The van der Waals surface area contributed by atoms with E-state index in [2.05, 4.69) is 6.92 Å². The second kappa shape index (κ2) is 6.35. The van der Waals surface area contributed by atoms with Gasteiger partial charge >= 0.3 is 0 Å². The fourth-order valence-corrected chi connectivity index (χ4v) is 0.954. The molecule has 0 heterocycles. The van der Waals surface area contributed by atoms with Crippen LogP contribution >= 0.6 is 0 Å². The Balaban J connectivity index is 3.18. The van der Waals surface area contributed by atoms with Gasteiger partial charge in [-0.1, -0.05) is 26.2 Å². The van der Waals surface area contributed by atoms with Gasteiger partial charge in [-0.3, -0.25) is 4.79 Å². The number of unbranched alkanes of at least 4 members (excludes halogenated alkanes) is 3. The first-order valence-electron chi connectivity index (χ1n) is 4.46. The first-order chi connectivity index (χ1) is 5.18. The van der Waals surface area contributed by atoms with E-state index in [0.29, 0.717) is 6.42 Å². The lowest BCUT2D eigenvalue weighted by molar-refractivity contribution is -0.120. The lowest BCUT2D eigenvalue weighted by Gasteiger charge is -2.02. The summed E-state index contributed by atoms with van der Waals surface area (Å²) < 4.78 is 0. The van der Waals surface area contributed by atoms with Crippen molar-refractivity contribution in [3.8, 4) is 0 Å². The van der Waals surface area contributed by atoms with E-state index in [-0.39, 0.29) is 11.8 Å². The van der Waals surface area contributed by atoms with Crippen LogP contribution in [0.15, 0.2) is 0 Å². The fraction of sp³-hybridized carbons (Fsp3) is 0.889. The van der Waals surface area contributed by atoms with Gasteiger partial charge in [0, 0.05) is 6.42 Å². The Kier molecular flexibility index (Phi) is 6.13. The van der Waals surface area contributed by atoms with Crippen molar-refractivity contribution >= 4 is 5.78 Å². The van der Waals surface area contributed by atoms with Crippen molar-refractivity contribution in [3.05, 3.63) is 0 Å². The number of rotatable bonds is 6. The first-order valence-corrected chi connectivity index (χ1v) is 4.46. The summed E-state index contributed by atoms with van der Waals surface area (Å²) in [6.07, 6.45) is 5.28. The van der Waals surface area contributed by atoms with Gasteiger partial charge in [0.2, 0.25) is 0 Å². The molecular weight excluding hydrogens is 138 g/mol. The van der Waals surface area contributed by atoms with E-state index in [4.69, 9.17) is 5.73 Å². The number of Topliss-reactive ketones (excluding diaryl/α,β-unsaturated/α-hetero) is 1. The standard InChI is InChI=1S/C9H19NO/c1-3-4-5-6-7-9(11)8(2)10/h8H,3-7,10H2,1-2H3. The molecule has 0 saturated heterocycles. The maximum absolute atomic E-state index is 11.0. The Hall–Kier alpha value is -0.370. The quantitative estimate of drug-likeness (QED) is 0.598. The summed E-state index contributed by atoms with van der Waals surface area (Å²) in [7, 11) is 0. The van der Waals surface area contributed by atoms with Gasteiger partial charge in [0.25, 0.3) is 0 Å². The van der Waals surface area contributed by atoms with Gasteiger partial charge in [-0.15, -0.1) is 0 Å². The average molecular weight is 157 g/mol. The summed E-state index contributed by atoms with van der Waals surface area (Å²) in [6.45, 7) is 3.91. The molecule has 0 aromatic heterocycles. The number of hydrogen-bond donors (Lipinski definition) is 1. The third-order valence-corrected chi connectivity index (χ3v) is 1.78. The predicted octanol–water partition coefficient (Wildman–Crippen LogP) is 1.87. The van der Waals surface area contributed by atoms with E-state index in [0.717, 1.165) is 12.8 Å². The third-order valence-electron chi connectivity index (χ3n) is 1.78. The number of carbonyl (C=O) groups is 1. The SMILES string of the molecule is CCCCCCC(=O)C(C)N.